The van der Waals surface area contributed by atoms with E-state index in [0.717, 1.165) is 11.8 Å². The number of hydrogen-bond donors (Lipinski definition) is 0. The quantitative estimate of drug-likeness (QED) is 0.511. The molecule has 0 aromatic carbocycles. The van der Waals surface area contributed by atoms with E-state index in [2.05, 4.69) is 57.1 Å². The van der Waals surface area contributed by atoms with Crippen LogP contribution in [0, 0.1) is 14.9 Å². The van der Waals surface area contributed by atoms with Crippen molar-refractivity contribution < 1.29 is 0 Å². The number of hydrogen-bond acceptors (Lipinski definition) is 0. The van der Waals surface area contributed by atoms with Crippen LogP contribution in [-0.2, 0) is 10.8 Å². The van der Waals surface area contributed by atoms with Crippen molar-refractivity contribution in [2.75, 3.05) is 0 Å². The second-order valence-electron chi connectivity index (χ2n) is 10.2. The standard InChI is InChI=1S/C21H28Se2/c1-18(2)11-7-9-20(18,5)16-13(11)15(22)14-12-8-10-21(6,17(14)23-16)19(12,3)4/h11-12H,7-10H2,1-6H3/t11-,12-,20+,21+/m1/s1. The Bertz CT molecular complexity index is 749. The summed E-state index contributed by atoms with van der Waals surface area (Å²) in [7, 11) is 0. The molecular formula is C21H28Se2. The van der Waals surface area contributed by atoms with Gasteiger partial charge in [0, 0.05) is 0 Å². The van der Waals surface area contributed by atoms with Crippen LogP contribution in [0.5, 0.6) is 0 Å². The summed E-state index contributed by atoms with van der Waals surface area (Å²) in [4.78, 5) is 0. The van der Waals surface area contributed by atoms with Gasteiger partial charge in [-0.2, -0.15) is 0 Å². The first-order chi connectivity index (χ1) is 10.6. The summed E-state index contributed by atoms with van der Waals surface area (Å²) in [6, 6.07) is 0. The fourth-order valence-electron chi connectivity index (χ4n) is 6.84. The third-order valence-electron chi connectivity index (χ3n) is 9.33. The van der Waals surface area contributed by atoms with Gasteiger partial charge in [0.2, 0.25) is 0 Å². The molecule has 4 atom stereocenters. The molecule has 0 aliphatic heterocycles. The molecule has 0 spiro atoms. The van der Waals surface area contributed by atoms with Crippen molar-refractivity contribution in [3.8, 4) is 0 Å². The minimum atomic E-state index is 0.461. The third kappa shape index (κ3) is 1.37. The Kier molecular flexibility index (Phi) is 2.74. The fourth-order valence-corrected chi connectivity index (χ4v) is 12.9. The molecule has 5 rings (SSSR count). The van der Waals surface area contributed by atoms with Gasteiger partial charge in [0.15, 0.2) is 0 Å². The number of rotatable bonds is 0. The molecule has 2 saturated carbocycles. The van der Waals surface area contributed by atoms with E-state index in [-0.39, 0.29) is 0 Å². The Morgan fingerprint density at radius 3 is 1.57 bits per heavy atom. The summed E-state index contributed by atoms with van der Waals surface area (Å²) in [5.74, 6) is 1.62. The zero-order valence-electron chi connectivity index (χ0n) is 15.3. The topological polar surface area (TPSA) is 0 Å². The summed E-state index contributed by atoms with van der Waals surface area (Å²) in [6.45, 7) is 15.4. The van der Waals surface area contributed by atoms with Crippen molar-refractivity contribution in [2.45, 2.75) is 89.9 Å². The van der Waals surface area contributed by atoms with Crippen LogP contribution in [-0.4, -0.2) is 30.1 Å². The molecule has 0 amide bonds. The summed E-state index contributed by atoms with van der Waals surface area (Å²) >= 11 is 4.21. The Morgan fingerprint density at radius 1 is 0.783 bits per heavy atom. The Morgan fingerprint density at radius 2 is 1.17 bits per heavy atom. The van der Waals surface area contributed by atoms with Gasteiger partial charge in [0.25, 0.3) is 0 Å². The first kappa shape index (κ1) is 15.6. The van der Waals surface area contributed by atoms with Gasteiger partial charge in [0.05, 0.1) is 0 Å². The molecule has 2 fully saturated rings. The maximum atomic E-state index is 3.61. The van der Waals surface area contributed by atoms with Crippen LogP contribution in [0.15, 0.2) is 0 Å². The molecule has 0 saturated heterocycles. The second-order valence-corrected chi connectivity index (χ2v) is 13.2. The predicted octanol–water partition coefficient (Wildman–Crippen LogP) is 4.79. The van der Waals surface area contributed by atoms with E-state index in [1.165, 1.54) is 25.7 Å². The molecule has 0 unspecified atom stereocenters. The van der Waals surface area contributed by atoms with E-state index in [9.17, 15) is 0 Å². The summed E-state index contributed by atoms with van der Waals surface area (Å²) in [5, 5.41) is 0. The van der Waals surface area contributed by atoms with Crippen LogP contribution < -0.4 is 0 Å². The molecule has 1 aromatic heterocycles. The molecule has 1 heterocycles. The second kappa shape index (κ2) is 4.03. The number of fused-ring (bicyclic) bond motifs is 10. The molecule has 23 heavy (non-hydrogen) atoms. The molecule has 0 nitrogen and oxygen atoms in total. The van der Waals surface area contributed by atoms with Crippen molar-refractivity contribution in [1.82, 2.24) is 0 Å². The van der Waals surface area contributed by atoms with E-state index >= 15 is 0 Å². The zero-order valence-corrected chi connectivity index (χ0v) is 18.7. The van der Waals surface area contributed by atoms with Crippen LogP contribution in [0.3, 0.4) is 0 Å². The summed E-state index contributed by atoms with van der Waals surface area (Å²) in [6.07, 6.45) is 5.67. The average molecular weight is 438 g/mol. The summed E-state index contributed by atoms with van der Waals surface area (Å²) in [5.41, 5.74) is 5.45. The van der Waals surface area contributed by atoms with Gasteiger partial charge >= 0.3 is 155 Å². The molecular weight excluding hydrogens is 410 g/mol. The van der Waals surface area contributed by atoms with E-state index in [1.807, 2.05) is 8.87 Å². The Balaban J connectivity index is 1.87. The Labute approximate surface area is 154 Å². The van der Waals surface area contributed by atoms with Gasteiger partial charge in [-0.1, -0.05) is 0 Å². The molecule has 1 aromatic rings. The summed E-state index contributed by atoms with van der Waals surface area (Å²) < 4.78 is 5.40. The SMILES string of the molecule is CC1(C)[C@@H]2CC[C@@]1(C)c1[se]c3c(c(=[Se])c12)[C@H]1CC[C@]3(C)C1(C)C. The van der Waals surface area contributed by atoms with Gasteiger partial charge in [-0.15, -0.1) is 0 Å². The maximum absolute atomic E-state index is 3.61. The minimum absolute atomic E-state index is 0.461. The molecule has 4 aliphatic rings. The van der Waals surface area contributed by atoms with Crippen molar-refractivity contribution in [3.05, 3.63) is 24.1 Å². The van der Waals surface area contributed by atoms with Crippen molar-refractivity contribution in [3.63, 3.8) is 0 Å². The van der Waals surface area contributed by atoms with Crippen LogP contribution in [0.4, 0.5) is 0 Å². The molecule has 124 valence electrons. The fraction of sp³-hybridized carbons (Fsp3) is 0.762. The first-order valence-corrected chi connectivity index (χ1v) is 11.9. The molecule has 0 N–H and O–H groups in total. The van der Waals surface area contributed by atoms with Gasteiger partial charge in [0.1, 0.15) is 0 Å². The van der Waals surface area contributed by atoms with Crippen molar-refractivity contribution >= 4 is 30.1 Å². The van der Waals surface area contributed by atoms with E-state index in [1.54, 1.807) is 15.2 Å². The first-order valence-electron chi connectivity index (χ1n) is 9.29. The third-order valence-corrected chi connectivity index (χ3v) is 13.9. The Hall–Kier alpha value is 0.389. The molecule has 2 heteroatoms. The normalized spacial score (nSPS) is 43.7. The predicted molar refractivity (Wildman–Crippen MR) is 98.6 cm³/mol. The molecule has 4 bridgehead atoms. The van der Waals surface area contributed by atoms with E-state index in [4.69, 9.17) is 0 Å². The van der Waals surface area contributed by atoms with Crippen LogP contribution >= 0.6 is 0 Å². The monoisotopic (exact) mass is 440 g/mol. The van der Waals surface area contributed by atoms with Gasteiger partial charge in [-0.05, 0) is 0 Å². The van der Waals surface area contributed by atoms with Crippen molar-refractivity contribution in [2.24, 2.45) is 10.8 Å². The van der Waals surface area contributed by atoms with Crippen molar-refractivity contribution in [1.29, 1.82) is 0 Å². The van der Waals surface area contributed by atoms with E-state index in [0.29, 0.717) is 36.2 Å². The van der Waals surface area contributed by atoms with Gasteiger partial charge in [-0.25, -0.2) is 0 Å². The van der Waals surface area contributed by atoms with Gasteiger partial charge in [-0.3, -0.25) is 0 Å². The van der Waals surface area contributed by atoms with Crippen LogP contribution in [0.2, 0.25) is 0 Å². The molecule has 0 radical (unpaired) electrons. The van der Waals surface area contributed by atoms with Crippen LogP contribution in [0.25, 0.3) is 0 Å². The van der Waals surface area contributed by atoms with Gasteiger partial charge < -0.3 is 0 Å². The molecule has 4 aliphatic carbocycles. The van der Waals surface area contributed by atoms with Crippen LogP contribution in [0.1, 0.15) is 99.1 Å². The average Bonchev–Trinajstić information content (AvgIpc) is 2.96. The zero-order chi connectivity index (χ0) is 16.6. The van der Waals surface area contributed by atoms with E-state index < -0.39 is 0 Å².